The molecule has 0 heterocycles. The summed E-state index contributed by atoms with van der Waals surface area (Å²) in [6.07, 6.45) is -0.349. The van der Waals surface area contributed by atoms with Crippen LogP contribution in [0, 0.1) is 5.82 Å². The Morgan fingerprint density at radius 2 is 1.91 bits per heavy atom. The lowest BCUT2D eigenvalue weighted by Gasteiger charge is -2.17. The Labute approximate surface area is 139 Å². The number of halogens is 2. The predicted octanol–water partition coefficient (Wildman–Crippen LogP) is 3.36. The molecule has 1 amide bonds. The van der Waals surface area contributed by atoms with E-state index in [-0.39, 0.29) is 31.0 Å². The van der Waals surface area contributed by atoms with Crippen LogP contribution in [-0.4, -0.2) is 26.2 Å². The number of hydrogen-bond donors (Lipinski definition) is 1. The fourth-order valence-corrected chi connectivity index (χ4v) is 2.25. The number of amides is 1. The maximum atomic E-state index is 12.8. The van der Waals surface area contributed by atoms with E-state index in [1.807, 2.05) is 18.2 Å². The Morgan fingerprint density at radius 3 is 2.57 bits per heavy atom. The summed E-state index contributed by atoms with van der Waals surface area (Å²) in [6.45, 7) is 0.108. The van der Waals surface area contributed by atoms with Gasteiger partial charge in [0, 0.05) is 24.2 Å². The van der Waals surface area contributed by atoms with Crippen LogP contribution in [0.2, 0.25) is 5.02 Å². The first-order chi connectivity index (χ1) is 11.1. The van der Waals surface area contributed by atoms with Crippen molar-refractivity contribution in [2.45, 2.75) is 6.10 Å². The molecule has 0 aromatic heterocycles. The number of rotatable bonds is 7. The van der Waals surface area contributed by atoms with E-state index < -0.39 is 0 Å². The van der Waals surface area contributed by atoms with E-state index in [1.165, 1.54) is 24.3 Å². The van der Waals surface area contributed by atoms with Gasteiger partial charge in [0.2, 0.25) is 0 Å². The van der Waals surface area contributed by atoms with E-state index in [9.17, 15) is 9.18 Å². The molecule has 0 spiro atoms. The first-order valence-electron chi connectivity index (χ1n) is 7.02. The number of carbonyl (C=O) groups excluding carboxylic acids is 1. The van der Waals surface area contributed by atoms with Gasteiger partial charge < -0.3 is 14.8 Å². The molecule has 2 aromatic carbocycles. The van der Waals surface area contributed by atoms with Crippen LogP contribution in [0.25, 0.3) is 0 Å². The van der Waals surface area contributed by atoms with E-state index in [4.69, 9.17) is 21.1 Å². The standard InChI is InChI=1S/C17H17ClFNO3/c1-22-16(14-4-2-3-5-15(14)18)10-20-17(21)11-23-13-8-6-12(19)7-9-13/h2-9,16H,10-11H2,1H3,(H,20,21)/t16-/m0/s1. The summed E-state index contributed by atoms with van der Waals surface area (Å²) in [7, 11) is 1.55. The Balaban J connectivity index is 1.83. The van der Waals surface area contributed by atoms with Crippen molar-refractivity contribution in [2.75, 3.05) is 20.3 Å². The molecular formula is C17H17ClFNO3. The maximum Gasteiger partial charge on any atom is 0.258 e. The van der Waals surface area contributed by atoms with Crippen LogP contribution in [-0.2, 0) is 9.53 Å². The molecule has 0 aliphatic carbocycles. The van der Waals surface area contributed by atoms with Crippen LogP contribution >= 0.6 is 11.6 Å². The van der Waals surface area contributed by atoms with Gasteiger partial charge in [-0.3, -0.25) is 4.79 Å². The average Bonchev–Trinajstić information content (AvgIpc) is 2.56. The Bertz CT molecular complexity index is 649. The molecule has 2 rings (SSSR count). The van der Waals surface area contributed by atoms with Gasteiger partial charge in [-0.15, -0.1) is 0 Å². The van der Waals surface area contributed by atoms with E-state index in [1.54, 1.807) is 13.2 Å². The second-order valence-electron chi connectivity index (χ2n) is 4.79. The molecular weight excluding hydrogens is 321 g/mol. The first-order valence-corrected chi connectivity index (χ1v) is 7.40. The third-order valence-electron chi connectivity index (χ3n) is 3.20. The van der Waals surface area contributed by atoms with Gasteiger partial charge in [0.05, 0.1) is 0 Å². The third kappa shape index (κ3) is 5.23. The lowest BCUT2D eigenvalue weighted by molar-refractivity contribution is -0.123. The fraction of sp³-hybridized carbons (Fsp3) is 0.235. The molecule has 0 aliphatic heterocycles. The monoisotopic (exact) mass is 337 g/mol. The molecule has 0 saturated heterocycles. The second-order valence-corrected chi connectivity index (χ2v) is 5.20. The van der Waals surface area contributed by atoms with Gasteiger partial charge in [0.25, 0.3) is 5.91 Å². The largest absolute Gasteiger partial charge is 0.484 e. The van der Waals surface area contributed by atoms with Crippen molar-refractivity contribution in [2.24, 2.45) is 0 Å². The fourth-order valence-electron chi connectivity index (χ4n) is 1.99. The maximum absolute atomic E-state index is 12.8. The highest BCUT2D eigenvalue weighted by Gasteiger charge is 2.15. The molecule has 1 atom stereocenters. The van der Waals surface area contributed by atoms with Crippen LogP contribution in [0.1, 0.15) is 11.7 Å². The van der Waals surface area contributed by atoms with Gasteiger partial charge in [0.15, 0.2) is 6.61 Å². The van der Waals surface area contributed by atoms with Gasteiger partial charge in [-0.05, 0) is 30.3 Å². The molecule has 122 valence electrons. The molecule has 0 fully saturated rings. The third-order valence-corrected chi connectivity index (χ3v) is 3.55. The summed E-state index contributed by atoms with van der Waals surface area (Å²) in [6, 6.07) is 12.8. The van der Waals surface area contributed by atoms with Crippen molar-refractivity contribution in [3.63, 3.8) is 0 Å². The normalized spacial score (nSPS) is 11.8. The van der Waals surface area contributed by atoms with Gasteiger partial charge in [-0.25, -0.2) is 4.39 Å². The minimum absolute atomic E-state index is 0.162. The molecule has 0 aliphatic rings. The zero-order valence-corrected chi connectivity index (χ0v) is 13.3. The zero-order valence-electron chi connectivity index (χ0n) is 12.6. The molecule has 6 heteroatoms. The highest BCUT2D eigenvalue weighted by atomic mass is 35.5. The van der Waals surface area contributed by atoms with Crippen molar-refractivity contribution >= 4 is 17.5 Å². The van der Waals surface area contributed by atoms with E-state index in [2.05, 4.69) is 5.32 Å². The average molecular weight is 338 g/mol. The SMILES string of the molecule is CO[C@@H](CNC(=O)COc1ccc(F)cc1)c1ccccc1Cl. The highest BCUT2D eigenvalue weighted by molar-refractivity contribution is 6.31. The van der Waals surface area contributed by atoms with Crippen LogP contribution < -0.4 is 10.1 Å². The number of methoxy groups -OCH3 is 1. The van der Waals surface area contributed by atoms with E-state index in [0.717, 1.165) is 5.56 Å². The lowest BCUT2D eigenvalue weighted by atomic mass is 10.1. The Hall–Kier alpha value is -2.11. The minimum atomic E-state index is -0.357. The second kappa shape index (κ2) is 8.50. The summed E-state index contributed by atoms with van der Waals surface area (Å²) in [4.78, 5) is 11.8. The van der Waals surface area contributed by atoms with Gasteiger partial charge in [-0.2, -0.15) is 0 Å². The van der Waals surface area contributed by atoms with Gasteiger partial charge in [0.1, 0.15) is 17.7 Å². The highest BCUT2D eigenvalue weighted by Crippen LogP contribution is 2.24. The molecule has 0 unspecified atom stereocenters. The van der Waals surface area contributed by atoms with Crippen LogP contribution in [0.5, 0.6) is 5.75 Å². The quantitative estimate of drug-likeness (QED) is 0.842. The molecule has 1 N–H and O–H groups in total. The van der Waals surface area contributed by atoms with Crippen LogP contribution in [0.4, 0.5) is 4.39 Å². The van der Waals surface area contributed by atoms with Crippen molar-refractivity contribution in [1.82, 2.24) is 5.32 Å². The molecule has 23 heavy (non-hydrogen) atoms. The molecule has 0 radical (unpaired) electrons. The van der Waals surface area contributed by atoms with Crippen molar-refractivity contribution in [1.29, 1.82) is 0 Å². The predicted molar refractivity (Wildman–Crippen MR) is 86.1 cm³/mol. The minimum Gasteiger partial charge on any atom is -0.484 e. The Morgan fingerprint density at radius 1 is 1.22 bits per heavy atom. The first kappa shape index (κ1) is 17.2. The number of benzene rings is 2. The molecule has 4 nitrogen and oxygen atoms in total. The molecule has 0 bridgehead atoms. The lowest BCUT2D eigenvalue weighted by Crippen LogP contribution is -2.33. The topological polar surface area (TPSA) is 47.6 Å². The summed E-state index contributed by atoms with van der Waals surface area (Å²) < 4.78 is 23.4. The molecule has 0 saturated carbocycles. The van der Waals surface area contributed by atoms with Crippen molar-refractivity contribution < 1.29 is 18.7 Å². The number of ether oxygens (including phenoxy) is 2. The van der Waals surface area contributed by atoms with Gasteiger partial charge >= 0.3 is 0 Å². The summed E-state index contributed by atoms with van der Waals surface area (Å²) in [5.74, 6) is -0.233. The Kier molecular flexibility index (Phi) is 6.38. The van der Waals surface area contributed by atoms with Gasteiger partial charge in [-0.1, -0.05) is 29.8 Å². The van der Waals surface area contributed by atoms with Crippen molar-refractivity contribution in [3.8, 4) is 5.75 Å². The van der Waals surface area contributed by atoms with Crippen LogP contribution in [0.3, 0.4) is 0 Å². The number of hydrogen-bond acceptors (Lipinski definition) is 3. The summed E-state index contributed by atoms with van der Waals surface area (Å²) in [5, 5.41) is 3.30. The zero-order chi connectivity index (χ0) is 16.7. The summed E-state index contributed by atoms with van der Waals surface area (Å²) in [5.41, 5.74) is 0.802. The summed E-state index contributed by atoms with van der Waals surface area (Å²) >= 11 is 6.12. The number of nitrogens with one attached hydrogen (secondary N) is 1. The number of carbonyl (C=O) groups is 1. The van der Waals surface area contributed by atoms with Crippen molar-refractivity contribution in [3.05, 3.63) is 64.9 Å². The van der Waals surface area contributed by atoms with E-state index >= 15 is 0 Å². The molecule has 2 aromatic rings. The smallest absolute Gasteiger partial charge is 0.258 e. The van der Waals surface area contributed by atoms with E-state index in [0.29, 0.717) is 10.8 Å². The van der Waals surface area contributed by atoms with Crippen LogP contribution in [0.15, 0.2) is 48.5 Å².